The van der Waals surface area contributed by atoms with Gasteiger partial charge < -0.3 is 16.0 Å². The van der Waals surface area contributed by atoms with Crippen LogP contribution in [-0.4, -0.2) is 45.3 Å². The average molecular weight is 508 g/mol. The number of benzene rings is 2. The lowest BCUT2D eigenvalue weighted by Crippen LogP contribution is -2.20. The summed E-state index contributed by atoms with van der Waals surface area (Å²) < 4.78 is 0. The van der Waals surface area contributed by atoms with Gasteiger partial charge >= 0.3 is 0 Å². The van der Waals surface area contributed by atoms with E-state index >= 15 is 0 Å². The molecule has 0 aliphatic carbocycles. The first-order valence-electron chi connectivity index (χ1n) is 11.2. The van der Waals surface area contributed by atoms with Gasteiger partial charge in [0.1, 0.15) is 10.0 Å². The maximum Gasteiger partial charge on any atom is 0.230 e. The van der Waals surface area contributed by atoms with E-state index in [2.05, 4.69) is 36.3 Å². The monoisotopic (exact) mass is 507 g/mol. The summed E-state index contributed by atoms with van der Waals surface area (Å²) in [4.78, 5) is 24.3. The summed E-state index contributed by atoms with van der Waals surface area (Å²) in [6.45, 7) is 1.46. The first kappa shape index (κ1) is 24.6. The number of nitrogens with one attached hydrogen (secondary N) is 3. The SMILES string of the molecule is O=C(Cc1ccccc1)Nc1nnc(CCNCCc2nnc(NC(=O)Cc3ccccc3)s2)s1. The average Bonchev–Trinajstić information content (AvgIpc) is 3.49. The van der Waals surface area contributed by atoms with Crippen LogP contribution in [0.2, 0.25) is 0 Å². The van der Waals surface area contributed by atoms with Crippen molar-refractivity contribution in [2.75, 3.05) is 23.7 Å². The lowest BCUT2D eigenvalue weighted by molar-refractivity contribution is -0.116. The second-order valence-electron chi connectivity index (χ2n) is 7.67. The van der Waals surface area contributed by atoms with E-state index in [4.69, 9.17) is 0 Å². The van der Waals surface area contributed by atoms with Gasteiger partial charge in [0.05, 0.1) is 12.8 Å². The van der Waals surface area contributed by atoms with E-state index in [-0.39, 0.29) is 11.8 Å². The molecule has 11 heteroatoms. The molecule has 4 aromatic rings. The van der Waals surface area contributed by atoms with Gasteiger partial charge in [-0.2, -0.15) is 0 Å². The van der Waals surface area contributed by atoms with Crippen LogP contribution in [0.3, 0.4) is 0 Å². The van der Waals surface area contributed by atoms with E-state index in [9.17, 15) is 9.59 Å². The van der Waals surface area contributed by atoms with E-state index in [1.807, 2.05) is 60.7 Å². The summed E-state index contributed by atoms with van der Waals surface area (Å²) in [7, 11) is 0. The number of nitrogens with zero attached hydrogens (tertiary/aromatic N) is 4. The predicted octanol–water partition coefficient (Wildman–Crippen LogP) is 3.13. The van der Waals surface area contributed by atoms with Gasteiger partial charge in [0, 0.05) is 25.9 Å². The first-order chi connectivity index (χ1) is 17.1. The summed E-state index contributed by atoms with van der Waals surface area (Å²) >= 11 is 2.76. The van der Waals surface area contributed by atoms with E-state index in [1.165, 1.54) is 22.7 Å². The number of amides is 2. The van der Waals surface area contributed by atoms with Crippen LogP contribution in [0.4, 0.5) is 10.3 Å². The van der Waals surface area contributed by atoms with Crippen LogP contribution in [0.5, 0.6) is 0 Å². The largest absolute Gasteiger partial charge is 0.316 e. The van der Waals surface area contributed by atoms with Crippen LogP contribution in [0.15, 0.2) is 60.7 Å². The molecule has 0 aliphatic rings. The summed E-state index contributed by atoms with van der Waals surface area (Å²) in [6, 6.07) is 19.2. The van der Waals surface area contributed by atoms with Gasteiger partial charge in [0.15, 0.2) is 0 Å². The van der Waals surface area contributed by atoms with E-state index in [1.54, 1.807) is 0 Å². The normalized spacial score (nSPS) is 10.7. The minimum Gasteiger partial charge on any atom is -0.316 e. The molecule has 2 aromatic heterocycles. The van der Waals surface area contributed by atoms with Crippen molar-refractivity contribution in [2.45, 2.75) is 25.7 Å². The molecule has 2 amide bonds. The molecule has 0 atom stereocenters. The number of carbonyl (C=O) groups is 2. The molecule has 0 saturated heterocycles. The third kappa shape index (κ3) is 8.32. The molecule has 0 radical (unpaired) electrons. The standard InChI is InChI=1S/C24H25N7O2S2/c32-19(15-17-7-3-1-4-8-17)26-23-30-28-21(34-23)11-13-25-14-12-22-29-31-24(35-22)27-20(33)16-18-9-5-2-6-10-18/h1-10,25H,11-16H2,(H,26,30,32)(H,27,31,33). The fourth-order valence-corrected chi connectivity index (χ4v) is 4.73. The number of aromatic nitrogens is 4. The smallest absolute Gasteiger partial charge is 0.230 e. The third-order valence-corrected chi connectivity index (χ3v) is 6.67. The highest BCUT2D eigenvalue weighted by Crippen LogP contribution is 2.17. The van der Waals surface area contributed by atoms with Crippen LogP contribution in [0.1, 0.15) is 21.1 Å². The maximum atomic E-state index is 12.2. The number of hydrogen-bond acceptors (Lipinski definition) is 9. The second kappa shape index (κ2) is 12.8. The fraction of sp³-hybridized carbons (Fsp3) is 0.250. The highest BCUT2D eigenvalue weighted by Gasteiger charge is 2.10. The molecule has 0 spiro atoms. The summed E-state index contributed by atoms with van der Waals surface area (Å²) in [5, 5.41) is 28.1. The van der Waals surface area contributed by atoms with Gasteiger partial charge in [0.25, 0.3) is 0 Å². The molecule has 0 bridgehead atoms. The zero-order chi connectivity index (χ0) is 24.3. The molecule has 180 valence electrons. The zero-order valence-corrected chi connectivity index (χ0v) is 20.6. The Balaban J connectivity index is 1.11. The topological polar surface area (TPSA) is 122 Å². The van der Waals surface area contributed by atoms with Gasteiger partial charge in [-0.15, -0.1) is 20.4 Å². The Bertz CT molecular complexity index is 1130. The van der Waals surface area contributed by atoms with Crippen molar-refractivity contribution in [3.63, 3.8) is 0 Å². The minimum atomic E-state index is -0.107. The molecule has 35 heavy (non-hydrogen) atoms. The van der Waals surface area contributed by atoms with Gasteiger partial charge in [0.2, 0.25) is 22.1 Å². The van der Waals surface area contributed by atoms with Gasteiger partial charge in [-0.1, -0.05) is 83.3 Å². The first-order valence-corrected chi connectivity index (χ1v) is 12.8. The van der Waals surface area contributed by atoms with Crippen LogP contribution < -0.4 is 16.0 Å². The van der Waals surface area contributed by atoms with Crippen LogP contribution >= 0.6 is 22.7 Å². The molecule has 0 saturated carbocycles. The van der Waals surface area contributed by atoms with Gasteiger partial charge in [-0.3, -0.25) is 9.59 Å². The molecule has 9 nitrogen and oxygen atoms in total. The fourth-order valence-electron chi connectivity index (χ4n) is 3.22. The molecular formula is C24H25N7O2S2. The predicted molar refractivity (Wildman–Crippen MR) is 138 cm³/mol. The third-order valence-electron chi connectivity index (χ3n) is 4.87. The van der Waals surface area contributed by atoms with Crippen molar-refractivity contribution in [2.24, 2.45) is 0 Å². The van der Waals surface area contributed by atoms with E-state index in [0.717, 1.165) is 34.2 Å². The molecule has 0 unspecified atom stereocenters. The lowest BCUT2D eigenvalue weighted by Gasteiger charge is -2.01. The number of carbonyl (C=O) groups excluding carboxylic acids is 2. The lowest BCUT2D eigenvalue weighted by atomic mass is 10.1. The van der Waals surface area contributed by atoms with Crippen molar-refractivity contribution in [3.8, 4) is 0 Å². The Labute approximate surface area is 211 Å². The van der Waals surface area contributed by atoms with Crippen LogP contribution in [0.25, 0.3) is 0 Å². The van der Waals surface area contributed by atoms with Crippen molar-refractivity contribution in [1.29, 1.82) is 0 Å². The molecule has 2 aromatic carbocycles. The highest BCUT2D eigenvalue weighted by atomic mass is 32.1. The highest BCUT2D eigenvalue weighted by molar-refractivity contribution is 7.15. The summed E-state index contributed by atoms with van der Waals surface area (Å²) in [5.74, 6) is -0.214. The molecule has 0 fully saturated rings. The number of hydrogen-bond donors (Lipinski definition) is 3. The van der Waals surface area contributed by atoms with Crippen molar-refractivity contribution >= 4 is 44.8 Å². The van der Waals surface area contributed by atoms with Crippen molar-refractivity contribution in [3.05, 3.63) is 81.8 Å². The van der Waals surface area contributed by atoms with Crippen LogP contribution in [-0.2, 0) is 35.3 Å². The Morgan fingerprint density at radius 2 is 1.06 bits per heavy atom. The summed E-state index contributed by atoms with van der Waals surface area (Å²) in [5.41, 5.74) is 1.91. The molecule has 2 heterocycles. The zero-order valence-electron chi connectivity index (χ0n) is 18.9. The van der Waals surface area contributed by atoms with Crippen molar-refractivity contribution < 1.29 is 9.59 Å². The van der Waals surface area contributed by atoms with Crippen LogP contribution in [0, 0.1) is 0 Å². The van der Waals surface area contributed by atoms with Gasteiger partial charge in [-0.25, -0.2) is 0 Å². The van der Waals surface area contributed by atoms with Gasteiger partial charge in [-0.05, 0) is 11.1 Å². The molecule has 4 rings (SSSR count). The molecule has 3 N–H and O–H groups in total. The quantitative estimate of drug-likeness (QED) is 0.252. The van der Waals surface area contributed by atoms with E-state index < -0.39 is 0 Å². The Hall–Kier alpha value is -3.54. The molecule has 0 aliphatic heterocycles. The Morgan fingerprint density at radius 1 is 0.629 bits per heavy atom. The minimum absolute atomic E-state index is 0.107. The Kier molecular flexibility index (Phi) is 8.98. The maximum absolute atomic E-state index is 12.2. The Morgan fingerprint density at radius 3 is 1.49 bits per heavy atom. The van der Waals surface area contributed by atoms with Crippen molar-refractivity contribution in [1.82, 2.24) is 25.7 Å². The molecular weight excluding hydrogens is 482 g/mol. The van der Waals surface area contributed by atoms with E-state index in [0.29, 0.717) is 35.9 Å². The second-order valence-corrected chi connectivity index (χ2v) is 9.80. The number of anilines is 2. The summed E-state index contributed by atoms with van der Waals surface area (Å²) in [6.07, 6.45) is 2.04. The number of rotatable bonds is 12.